The molecule has 0 unspecified atom stereocenters. The van der Waals surface area contributed by atoms with Crippen LogP contribution in [-0.4, -0.2) is 44.4 Å². The van der Waals surface area contributed by atoms with Crippen LogP contribution in [0.15, 0.2) is 12.4 Å². The molecule has 2 aromatic heterocycles. The third-order valence-electron chi connectivity index (χ3n) is 2.28. The molecule has 8 nitrogen and oxygen atoms in total. The molecule has 1 N–H and O–H groups in total. The Hall–Kier alpha value is -2.51. The van der Waals surface area contributed by atoms with Crippen LogP contribution in [0.3, 0.4) is 0 Å². The standard InChI is InChI=1S/C11H14N6O2/c1-4-12-8-5-9(15-7(2)14-8)17-6-13-10(16-17)11(18)19-3/h5-6H,4H2,1-3H3,(H,12,14,15). The Labute approximate surface area is 109 Å². The molecule has 2 aromatic rings. The van der Waals surface area contributed by atoms with Crippen LogP contribution in [0.5, 0.6) is 0 Å². The summed E-state index contributed by atoms with van der Waals surface area (Å²) in [5.41, 5.74) is 0. The molecule has 0 aliphatic rings. The van der Waals surface area contributed by atoms with Crippen molar-refractivity contribution in [3.8, 4) is 5.82 Å². The fourth-order valence-corrected chi connectivity index (χ4v) is 1.50. The topological polar surface area (TPSA) is 94.8 Å². The Kier molecular flexibility index (Phi) is 3.69. The number of nitrogens with zero attached hydrogens (tertiary/aromatic N) is 5. The number of anilines is 1. The Bertz CT molecular complexity index is 595. The van der Waals surface area contributed by atoms with Crippen molar-refractivity contribution in [2.45, 2.75) is 13.8 Å². The van der Waals surface area contributed by atoms with Crippen LogP contribution >= 0.6 is 0 Å². The van der Waals surface area contributed by atoms with E-state index in [9.17, 15) is 4.79 Å². The van der Waals surface area contributed by atoms with Crippen LogP contribution in [-0.2, 0) is 4.74 Å². The summed E-state index contributed by atoms with van der Waals surface area (Å²) in [6, 6.07) is 1.73. The maximum absolute atomic E-state index is 11.3. The van der Waals surface area contributed by atoms with E-state index < -0.39 is 5.97 Å². The summed E-state index contributed by atoms with van der Waals surface area (Å²) in [6.07, 6.45) is 1.41. The van der Waals surface area contributed by atoms with E-state index in [1.807, 2.05) is 6.92 Å². The molecule has 0 spiro atoms. The zero-order chi connectivity index (χ0) is 13.8. The number of carbonyl (C=O) groups excluding carboxylic acids is 1. The quantitative estimate of drug-likeness (QED) is 0.805. The Morgan fingerprint density at radius 3 is 2.95 bits per heavy atom. The molecule has 0 atom stereocenters. The minimum Gasteiger partial charge on any atom is -0.463 e. The molecule has 100 valence electrons. The maximum Gasteiger partial charge on any atom is 0.377 e. The van der Waals surface area contributed by atoms with Crippen LogP contribution in [0.2, 0.25) is 0 Å². The second kappa shape index (κ2) is 5.42. The Morgan fingerprint density at radius 1 is 1.47 bits per heavy atom. The van der Waals surface area contributed by atoms with Crippen LogP contribution in [0.4, 0.5) is 5.82 Å². The number of hydrogen-bond donors (Lipinski definition) is 1. The first kappa shape index (κ1) is 12.9. The fraction of sp³-hybridized carbons (Fsp3) is 0.364. The number of ether oxygens (including phenoxy) is 1. The van der Waals surface area contributed by atoms with Gasteiger partial charge in [0.15, 0.2) is 5.82 Å². The van der Waals surface area contributed by atoms with Gasteiger partial charge in [0.25, 0.3) is 5.82 Å². The molecule has 0 saturated carbocycles. The molecule has 0 aromatic carbocycles. The molecule has 0 fully saturated rings. The SMILES string of the molecule is CCNc1cc(-n2cnc(C(=O)OC)n2)nc(C)n1. The van der Waals surface area contributed by atoms with E-state index in [0.717, 1.165) is 6.54 Å². The summed E-state index contributed by atoms with van der Waals surface area (Å²) in [6.45, 7) is 4.51. The van der Waals surface area contributed by atoms with Gasteiger partial charge in [0.1, 0.15) is 18.0 Å². The van der Waals surface area contributed by atoms with Crippen molar-refractivity contribution in [3.63, 3.8) is 0 Å². The normalized spacial score (nSPS) is 10.3. The first-order valence-corrected chi connectivity index (χ1v) is 5.74. The molecule has 19 heavy (non-hydrogen) atoms. The van der Waals surface area contributed by atoms with E-state index in [2.05, 4.69) is 30.1 Å². The molecule has 0 saturated heterocycles. The first-order valence-electron chi connectivity index (χ1n) is 5.74. The van der Waals surface area contributed by atoms with Crippen molar-refractivity contribution in [1.29, 1.82) is 0 Å². The Morgan fingerprint density at radius 2 is 2.26 bits per heavy atom. The number of aromatic nitrogens is 5. The zero-order valence-electron chi connectivity index (χ0n) is 10.9. The summed E-state index contributed by atoms with van der Waals surface area (Å²) in [5, 5.41) is 7.10. The average Bonchev–Trinajstić information content (AvgIpc) is 2.87. The number of hydrogen-bond acceptors (Lipinski definition) is 7. The third kappa shape index (κ3) is 2.84. The van der Waals surface area contributed by atoms with Crippen molar-refractivity contribution in [1.82, 2.24) is 24.7 Å². The molecule has 2 heterocycles. The van der Waals surface area contributed by atoms with Crippen LogP contribution in [0.1, 0.15) is 23.4 Å². The number of carbonyl (C=O) groups is 1. The van der Waals surface area contributed by atoms with E-state index in [4.69, 9.17) is 0 Å². The van der Waals surface area contributed by atoms with Crippen molar-refractivity contribution in [3.05, 3.63) is 24.0 Å². The van der Waals surface area contributed by atoms with Gasteiger partial charge in [-0.05, 0) is 13.8 Å². The first-order chi connectivity index (χ1) is 9.13. The molecular formula is C11H14N6O2. The molecule has 0 radical (unpaired) electrons. The lowest BCUT2D eigenvalue weighted by molar-refractivity contribution is 0.0587. The van der Waals surface area contributed by atoms with Gasteiger partial charge in [0, 0.05) is 12.6 Å². The molecule has 0 aliphatic carbocycles. The van der Waals surface area contributed by atoms with Crippen molar-refractivity contribution in [2.24, 2.45) is 0 Å². The van der Waals surface area contributed by atoms with E-state index >= 15 is 0 Å². The molecule has 0 aliphatic heterocycles. The van der Waals surface area contributed by atoms with E-state index in [-0.39, 0.29) is 5.82 Å². The van der Waals surface area contributed by atoms with Gasteiger partial charge < -0.3 is 10.1 Å². The van der Waals surface area contributed by atoms with E-state index in [1.165, 1.54) is 18.1 Å². The predicted molar refractivity (Wildman–Crippen MR) is 67.2 cm³/mol. The van der Waals surface area contributed by atoms with Gasteiger partial charge in [0.05, 0.1) is 7.11 Å². The monoisotopic (exact) mass is 262 g/mol. The number of esters is 1. The zero-order valence-corrected chi connectivity index (χ0v) is 10.9. The van der Waals surface area contributed by atoms with Crippen LogP contribution in [0.25, 0.3) is 5.82 Å². The number of rotatable bonds is 4. The van der Waals surface area contributed by atoms with Gasteiger partial charge in [-0.2, -0.15) is 0 Å². The van der Waals surface area contributed by atoms with Crippen molar-refractivity contribution >= 4 is 11.8 Å². The average molecular weight is 262 g/mol. The minimum atomic E-state index is -0.587. The van der Waals surface area contributed by atoms with E-state index in [1.54, 1.807) is 13.0 Å². The third-order valence-corrected chi connectivity index (χ3v) is 2.28. The molecular weight excluding hydrogens is 248 g/mol. The molecule has 0 amide bonds. The predicted octanol–water partition coefficient (Wildman–Crippen LogP) is 0.584. The minimum absolute atomic E-state index is 0.0104. The van der Waals surface area contributed by atoms with Crippen LogP contribution < -0.4 is 5.32 Å². The fourth-order valence-electron chi connectivity index (χ4n) is 1.50. The number of aryl methyl sites for hydroxylation is 1. The highest BCUT2D eigenvalue weighted by molar-refractivity contribution is 5.84. The second-order valence-electron chi connectivity index (χ2n) is 3.69. The lowest BCUT2D eigenvalue weighted by atomic mass is 10.5. The van der Waals surface area contributed by atoms with Crippen LogP contribution in [0, 0.1) is 6.92 Å². The number of methoxy groups -OCH3 is 1. The van der Waals surface area contributed by atoms with Gasteiger partial charge >= 0.3 is 5.97 Å². The van der Waals surface area contributed by atoms with Gasteiger partial charge in [0.2, 0.25) is 0 Å². The largest absolute Gasteiger partial charge is 0.463 e. The molecule has 8 heteroatoms. The van der Waals surface area contributed by atoms with Crippen molar-refractivity contribution in [2.75, 3.05) is 19.0 Å². The Balaban J connectivity index is 2.35. The lowest BCUT2D eigenvalue weighted by Crippen LogP contribution is -2.08. The highest BCUT2D eigenvalue weighted by Gasteiger charge is 2.13. The van der Waals surface area contributed by atoms with E-state index in [0.29, 0.717) is 17.5 Å². The summed E-state index contributed by atoms with van der Waals surface area (Å²) < 4.78 is 5.95. The summed E-state index contributed by atoms with van der Waals surface area (Å²) >= 11 is 0. The van der Waals surface area contributed by atoms with Gasteiger partial charge in [-0.1, -0.05) is 0 Å². The highest BCUT2D eigenvalue weighted by Crippen LogP contribution is 2.10. The number of nitrogens with one attached hydrogen (secondary N) is 1. The second-order valence-corrected chi connectivity index (χ2v) is 3.69. The van der Waals surface area contributed by atoms with Gasteiger partial charge in [-0.15, -0.1) is 5.10 Å². The van der Waals surface area contributed by atoms with Crippen molar-refractivity contribution < 1.29 is 9.53 Å². The summed E-state index contributed by atoms with van der Waals surface area (Å²) in [7, 11) is 1.28. The molecule has 2 rings (SSSR count). The smallest absolute Gasteiger partial charge is 0.377 e. The summed E-state index contributed by atoms with van der Waals surface area (Å²) in [4.78, 5) is 23.6. The maximum atomic E-state index is 11.3. The van der Waals surface area contributed by atoms with Gasteiger partial charge in [-0.25, -0.2) is 24.4 Å². The summed E-state index contributed by atoms with van der Waals surface area (Å²) in [5.74, 6) is 1.23. The molecule has 0 bridgehead atoms. The highest BCUT2D eigenvalue weighted by atomic mass is 16.5. The lowest BCUT2D eigenvalue weighted by Gasteiger charge is -2.06. The van der Waals surface area contributed by atoms with Gasteiger partial charge in [-0.3, -0.25) is 0 Å².